The SMILES string of the molecule is N#CCc1cnc(Br)cc1F. The first-order chi connectivity index (χ1) is 5.24. The van der Waals surface area contributed by atoms with Crippen LogP contribution in [0.4, 0.5) is 4.39 Å². The zero-order chi connectivity index (χ0) is 8.27. The van der Waals surface area contributed by atoms with Crippen LogP contribution in [0.3, 0.4) is 0 Å². The van der Waals surface area contributed by atoms with E-state index in [1.165, 1.54) is 12.3 Å². The molecule has 4 heteroatoms. The molecule has 0 aromatic carbocycles. The fourth-order valence-electron chi connectivity index (χ4n) is 0.651. The number of hydrogen-bond acceptors (Lipinski definition) is 2. The van der Waals surface area contributed by atoms with E-state index >= 15 is 0 Å². The lowest BCUT2D eigenvalue weighted by Crippen LogP contribution is -1.90. The summed E-state index contributed by atoms with van der Waals surface area (Å²) in [6, 6.07) is 3.09. The summed E-state index contributed by atoms with van der Waals surface area (Å²) in [4.78, 5) is 3.78. The average molecular weight is 215 g/mol. The molecule has 0 spiro atoms. The van der Waals surface area contributed by atoms with Gasteiger partial charge in [0.15, 0.2) is 0 Å². The maximum atomic E-state index is 12.8. The van der Waals surface area contributed by atoms with Crippen molar-refractivity contribution in [2.45, 2.75) is 6.42 Å². The van der Waals surface area contributed by atoms with Gasteiger partial charge in [-0.1, -0.05) is 0 Å². The monoisotopic (exact) mass is 214 g/mol. The van der Waals surface area contributed by atoms with Crippen molar-refractivity contribution >= 4 is 15.9 Å². The maximum Gasteiger partial charge on any atom is 0.131 e. The van der Waals surface area contributed by atoms with Crippen molar-refractivity contribution in [3.8, 4) is 6.07 Å². The molecule has 0 aliphatic heterocycles. The van der Waals surface area contributed by atoms with Crippen molar-refractivity contribution < 1.29 is 4.39 Å². The summed E-state index contributed by atoms with van der Waals surface area (Å²) in [7, 11) is 0. The van der Waals surface area contributed by atoms with Gasteiger partial charge in [0, 0.05) is 17.8 Å². The second-order valence-electron chi connectivity index (χ2n) is 1.93. The summed E-state index contributed by atoms with van der Waals surface area (Å²) in [5.41, 5.74) is 0.329. The van der Waals surface area contributed by atoms with E-state index in [1.54, 1.807) is 0 Å². The minimum absolute atomic E-state index is 0.0616. The highest BCUT2D eigenvalue weighted by atomic mass is 79.9. The van der Waals surface area contributed by atoms with Crippen LogP contribution < -0.4 is 0 Å². The molecule has 0 saturated carbocycles. The Bertz CT molecular complexity index is 306. The van der Waals surface area contributed by atoms with Crippen LogP contribution in [0.15, 0.2) is 16.9 Å². The highest BCUT2D eigenvalue weighted by Gasteiger charge is 2.01. The molecule has 0 fully saturated rings. The largest absolute Gasteiger partial charge is 0.249 e. The predicted molar refractivity (Wildman–Crippen MR) is 41.2 cm³/mol. The molecule has 11 heavy (non-hydrogen) atoms. The highest BCUT2D eigenvalue weighted by Crippen LogP contribution is 2.11. The van der Waals surface area contributed by atoms with Crippen molar-refractivity contribution in [2.24, 2.45) is 0 Å². The highest BCUT2D eigenvalue weighted by molar-refractivity contribution is 9.10. The molecular formula is C7H4BrFN2. The van der Waals surface area contributed by atoms with Crippen molar-refractivity contribution in [1.82, 2.24) is 4.98 Å². The maximum absolute atomic E-state index is 12.8. The van der Waals surface area contributed by atoms with E-state index in [-0.39, 0.29) is 6.42 Å². The van der Waals surface area contributed by atoms with Crippen LogP contribution >= 0.6 is 15.9 Å². The summed E-state index contributed by atoms with van der Waals surface area (Å²) in [6.45, 7) is 0. The van der Waals surface area contributed by atoms with E-state index in [2.05, 4.69) is 20.9 Å². The lowest BCUT2D eigenvalue weighted by atomic mass is 10.2. The fourth-order valence-corrected chi connectivity index (χ4v) is 0.954. The van der Waals surface area contributed by atoms with Gasteiger partial charge < -0.3 is 0 Å². The first-order valence-corrected chi connectivity index (χ1v) is 3.70. The van der Waals surface area contributed by atoms with Crippen LogP contribution in [-0.4, -0.2) is 4.98 Å². The van der Waals surface area contributed by atoms with Crippen molar-refractivity contribution in [3.05, 3.63) is 28.2 Å². The molecule has 1 aromatic rings. The molecule has 1 aromatic heterocycles. The minimum atomic E-state index is -0.395. The molecule has 0 saturated heterocycles. The fraction of sp³-hybridized carbons (Fsp3) is 0.143. The van der Waals surface area contributed by atoms with Crippen LogP contribution in [0.1, 0.15) is 5.56 Å². The zero-order valence-corrected chi connectivity index (χ0v) is 7.10. The second-order valence-corrected chi connectivity index (χ2v) is 2.75. The number of halogens is 2. The Hall–Kier alpha value is -0.950. The first-order valence-electron chi connectivity index (χ1n) is 2.91. The molecule has 0 bridgehead atoms. The molecule has 0 N–H and O–H groups in total. The molecule has 56 valence electrons. The van der Waals surface area contributed by atoms with Gasteiger partial charge in [-0.25, -0.2) is 9.37 Å². The van der Waals surface area contributed by atoms with E-state index in [4.69, 9.17) is 5.26 Å². The standard InChI is InChI=1S/C7H4BrFN2/c8-7-3-6(9)5(1-2-10)4-11-7/h3-4H,1H2. The quantitative estimate of drug-likeness (QED) is 0.672. The molecule has 1 rings (SSSR count). The third kappa shape index (κ3) is 1.99. The van der Waals surface area contributed by atoms with Gasteiger partial charge in [0.05, 0.1) is 12.5 Å². The Labute approximate surface area is 71.8 Å². The normalized spacial score (nSPS) is 9.18. The van der Waals surface area contributed by atoms with E-state index in [0.717, 1.165) is 0 Å². The topological polar surface area (TPSA) is 36.7 Å². The van der Waals surface area contributed by atoms with Gasteiger partial charge in [-0.05, 0) is 15.9 Å². The molecule has 0 unspecified atom stereocenters. The molecular weight excluding hydrogens is 211 g/mol. The zero-order valence-electron chi connectivity index (χ0n) is 5.51. The Morgan fingerprint density at radius 2 is 2.45 bits per heavy atom. The Balaban J connectivity index is 3.01. The van der Waals surface area contributed by atoms with Crippen LogP contribution in [-0.2, 0) is 6.42 Å². The molecule has 0 aliphatic rings. The van der Waals surface area contributed by atoms with Crippen molar-refractivity contribution in [2.75, 3.05) is 0 Å². The van der Waals surface area contributed by atoms with Gasteiger partial charge >= 0.3 is 0 Å². The molecule has 1 heterocycles. The van der Waals surface area contributed by atoms with Crippen LogP contribution in [0, 0.1) is 17.1 Å². The summed E-state index contributed by atoms with van der Waals surface area (Å²) >= 11 is 3.01. The van der Waals surface area contributed by atoms with E-state index in [0.29, 0.717) is 10.2 Å². The van der Waals surface area contributed by atoms with Crippen molar-refractivity contribution in [3.63, 3.8) is 0 Å². The van der Waals surface area contributed by atoms with Gasteiger partial charge in [-0.2, -0.15) is 5.26 Å². The Morgan fingerprint density at radius 1 is 1.73 bits per heavy atom. The smallest absolute Gasteiger partial charge is 0.131 e. The number of rotatable bonds is 1. The Kier molecular flexibility index (Phi) is 2.55. The summed E-state index contributed by atoms with van der Waals surface area (Å²) in [5.74, 6) is -0.395. The molecule has 0 radical (unpaired) electrons. The van der Waals surface area contributed by atoms with E-state index in [1.807, 2.05) is 6.07 Å². The van der Waals surface area contributed by atoms with E-state index in [9.17, 15) is 4.39 Å². The molecule has 0 aliphatic carbocycles. The number of aromatic nitrogens is 1. The summed E-state index contributed by atoms with van der Waals surface area (Å²) in [5, 5.41) is 8.26. The van der Waals surface area contributed by atoms with Gasteiger partial charge in [0.25, 0.3) is 0 Å². The average Bonchev–Trinajstić information content (AvgIpc) is 1.95. The van der Waals surface area contributed by atoms with E-state index < -0.39 is 5.82 Å². The summed E-state index contributed by atoms with van der Waals surface area (Å²) < 4.78 is 13.3. The number of nitrogens with zero attached hydrogens (tertiary/aromatic N) is 2. The third-order valence-electron chi connectivity index (χ3n) is 1.17. The first kappa shape index (κ1) is 8.15. The van der Waals surface area contributed by atoms with Gasteiger partial charge in [-0.3, -0.25) is 0 Å². The molecule has 0 amide bonds. The van der Waals surface area contributed by atoms with Crippen LogP contribution in [0.2, 0.25) is 0 Å². The van der Waals surface area contributed by atoms with Gasteiger partial charge in [0.1, 0.15) is 10.4 Å². The lowest BCUT2D eigenvalue weighted by molar-refractivity contribution is 0.611. The number of hydrogen-bond donors (Lipinski definition) is 0. The Morgan fingerprint density at radius 3 is 3.00 bits per heavy atom. The lowest BCUT2D eigenvalue weighted by Gasteiger charge is -1.95. The summed E-state index contributed by atoms with van der Waals surface area (Å²) in [6.07, 6.45) is 1.41. The third-order valence-corrected chi connectivity index (χ3v) is 1.60. The minimum Gasteiger partial charge on any atom is -0.249 e. The number of pyridine rings is 1. The number of nitriles is 1. The van der Waals surface area contributed by atoms with Crippen LogP contribution in [0.25, 0.3) is 0 Å². The van der Waals surface area contributed by atoms with Gasteiger partial charge in [0.2, 0.25) is 0 Å². The molecule has 0 atom stereocenters. The molecule has 2 nitrogen and oxygen atoms in total. The van der Waals surface area contributed by atoms with Crippen LogP contribution in [0.5, 0.6) is 0 Å². The van der Waals surface area contributed by atoms with Gasteiger partial charge in [-0.15, -0.1) is 0 Å². The second kappa shape index (κ2) is 3.44. The van der Waals surface area contributed by atoms with Crippen molar-refractivity contribution in [1.29, 1.82) is 5.26 Å². The predicted octanol–water partition coefficient (Wildman–Crippen LogP) is 2.05.